The molecule has 1 aliphatic rings. The van der Waals surface area contributed by atoms with E-state index in [0.29, 0.717) is 24.4 Å². The average molecular weight is 278 g/mol. The van der Waals surface area contributed by atoms with Gasteiger partial charge in [0.05, 0.1) is 0 Å². The molecule has 0 saturated heterocycles. The molecule has 0 bridgehead atoms. The molecule has 1 saturated carbocycles. The maximum atomic E-state index is 9.36. The van der Waals surface area contributed by atoms with Gasteiger partial charge in [0.2, 0.25) is 5.95 Å². The fraction of sp³-hybridized carbons (Fsp3) is 0.733. The van der Waals surface area contributed by atoms with Gasteiger partial charge in [-0.3, -0.25) is 0 Å². The van der Waals surface area contributed by atoms with Crippen LogP contribution >= 0.6 is 0 Å². The summed E-state index contributed by atoms with van der Waals surface area (Å²) in [6, 6.07) is 1.97. The number of aromatic nitrogens is 2. The summed E-state index contributed by atoms with van der Waals surface area (Å²) < 4.78 is 0. The quantitative estimate of drug-likeness (QED) is 0.714. The fourth-order valence-corrected chi connectivity index (χ4v) is 2.83. The van der Waals surface area contributed by atoms with Gasteiger partial charge in [-0.05, 0) is 38.0 Å². The molecule has 0 aliphatic heterocycles. The van der Waals surface area contributed by atoms with E-state index >= 15 is 0 Å². The fourth-order valence-electron chi connectivity index (χ4n) is 2.83. The standard InChI is InChI=1S/C15H26N4O/c1-3-7-16-15-18-11(2)8-14(19-15)17-9-12-5-4-6-13(12)10-20/h8,12-13,20H,3-7,9-10H2,1-2H3,(H2,16,17,18,19). The third-order valence-corrected chi connectivity index (χ3v) is 3.98. The molecule has 0 spiro atoms. The topological polar surface area (TPSA) is 70.1 Å². The Morgan fingerprint density at radius 3 is 2.80 bits per heavy atom. The minimum Gasteiger partial charge on any atom is -0.396 e. The second-order valence-electron chi connectivity index (χ2n) is 5.66. The molecule has 3 N–H and O–H groups in total. The first-order chi connectivity index (χ1) is 9.72. The first kappa shape index (κ1) is 15.0. The molecule has 2 unspecified atom stereocenters. The van der Waals surface area contributed by atoms with Crippen molar-refractivity contribution in [3.63, 3.8) is 0 Å². The summed E-state index contributed by atoms with van der Waals surface area (Å²) in [5.74, 6) is 2.57. The number of aliphatic hydroxyl groups is 1. The summed E-state index contributed by atoms with van der Waals surface area (Å²) in [5.41, 5.74) is 0.964. The van der Waals surface area contributed by atoms with E-state index in [1.54, 1.807) is 0 Å². The van der Waals surface area contributed by atoms with Crippen molar-refractivity contribution in [2.45, 2.75) is 39.5 Å². The molecule has 1 heterocycles. The van der Waals surface area contributed by atoms with E-state index in [-0.39, 0.29) is 0 Å². The Kier molecular flexibility index (Phi) is 5.59. The van der Waals surface area contributed by atoms with Crippen LogP contribution in [0.2, 0.25) is 0 Å². The highest BCUT2D eigenvalue weighted by atomic mass is 16.3. The zero-order chi connectivity index (χ0) is 14.4. The van der Waals surface area contributed by atoms with E-state index in [2.05, 4.69) is 27.5 Å². The van der Waals surface area contributed by atoms with Gasteiger partial charge in [-0.2, -0.15) is 4.98 Å². The van der Waals surface area contributed by atoms with Crippen LogP contribution in [-0.4, -0.2) is 34.8 Å². The lowest BCUT2D eigenvalue weighted by Crippen LogP contribution is -2.21. The molecule has 112 valence electrons. The Labute approximate surface area is 121 Å². The maximum Gasteiger partial charge on any atom is 0.224 e. The van der Waals surface area contributed by atoms with Gasteiger partial charge < -0.3 is 15.7 Å². The van der Waals surface area contributed by atoms with Gasteiger partial charge in [-0.1, -0.05) is 13.3 Å². The van der Waals surface area contributed by atoms with Gasteiger partial charge in [0.25, 0.3) is 0 Å². The molecule has 1 aromatic rings. The van der Waals surface area contributed by atoms with E-state index in [9.17, 15) is 5.11 Å². The summed E-state index contributed by atoms with van der Waals surface area (Å²) in [6.45, 7) is 6.18. The normalized spacial score (nSPS) is 21.9. The van der Waals surface area contributed by atoms with Gasteiger partial charge in [0.1, 0.15) is 5.82 Å². The van der Waals surface area contributed by atoms with Gasteiger partial charge in [0, 0.05) is 31.5 Å². The summed E-state index contributed by atoms with van der Waals surface area (Å²) in [4.78, 5) is 8.87. The Bertz CT molecular complexity index is 424. The third-order valence-electron chi connectivity index (χ3n) is 3.98. The Balaban J connectivity index is 1.93. The van der Waals surface area contributed by atoms with E-state index in [1.807, 2.05) is 13.0 Å². The van der Waals surface area contributed by atoms with Crippen molar-refractivity contribution in [2.24, 2.45) is 11.8 Å². The van der Waals surface area contributed by atoms with Crippen LogP contribution in [0.4, 0.5) is 11.8 Å². The number of rotatable bonds is 7. The molecule has 2 rings (SSSR count). The third kappa shape index (κ3) is 4.07. The second kappa shape index (κ2) is 7.43. The van der Waals surface area contributed by atoms with E-state index in [4.69, 9.17) is 0 Å². The average Bonchev–Trinajstić information content (AvgIpc) is 2.90. The second-order valence-corrected chi connectivity index (χ2v) is 5.66. The molecule has 0 amide bonds. The number of nitrogens with one attached hydrogen (secondary N) is 2. The summed E-state index contributed by atoms with van der Waals surface area (Å²) in [6.07, 6.45) is 4.63. The Morgan fingerprint density at radius 1 is 1.25 bits per heavy atom. The van der Waals surface area contributed by atoms with E-state index in [1.165, 1.54) is 12.8 Å². The molecule has 20 heavy (non-hydrogen) atoms. The van der Waals surface area contributed by atoms with Crippen LogP contribution in [0.25, 0.3) is 0 Å². The van der Waals surface area contributed by atoms with Crippen molar-refractivity contribution < 1.29 is 5.11 Å². The van der Waals surface area contributed by atoms with Crippen LogP contribution in [0.5, 0.6) is 0 Å². The van der Waals surface area contributed by atoms with Crippen LogP contribution in [0.3, 0.4) is 0 Å². The van der Waals surface area contributed by atoms with Crippen LogP contribution in [0.15, 0.2) is 6.07 Å². The molecule has 0 radical (unpaired) electrons. The highest BCUT2D eigenvalue weighted by molar-refractivity contribution is 5.42. The predicted molar refractivity (Wildman–Crippen MR) is 82.0 cm³/mol. The summed E-state index contributed by atoms with van der Waals surface area (Å²) >= 11 is 0. The minimum absolute atomic E-state index is 0.304. The van der Waals surface area contributed by atoms with Gasteiger partial charge >= 0.3 is 0 Å². The first-order valence-electron chi connectivity index (χ1n) is 7.67. The number of anilines is 2. The van der Waals surface area contributed by atoms with Crippen LogP contribution < -0.4 is 10.6 Å². The molecular weight excluding hydrogens is 252 g/mol. The van der Waals surface area contributed by atoms with Crippen LogP contribution in [-0.2, 0) is 0 Å². The summed E-state index contributed by atoms with van der Waals surface area (Å²) in [5, 5.41) is 16.0. The van der Waals surface area contributed by atoms with Crippen molar-refractivity contribution in [3.05, 3.63) is 11.8 Å². The number of hydrogen-bond donors (Lipinski definition) is 3. The minimum atomic E-state index is 0.304. The van der Waals surface area contributed by atoms with Crippen LogP contribution in [0.1, 0.15) is 38.3 Å². The maximum absolute atomic E-state index is 9.36. The number of nitrogens with zero attached hydrogens (tertiary/aromatic N) is 2. The molecule has 5 heteroatoms. The predicted octanol–water partition coefficient (Wildman–Crippen LogP) is 2.43. The Morgan fingerprint density at radius 2 is 2.05 bits per heavy atom. The molecule has 5 nitrogen and oxygen atoms in total. The molecule has 1 aliphatic carbocycles. The van der Waals surface area contributed by atoms with Crippen LogP contribution in [0, 0.1) is 18.8 Å². The molecule has 2 atom stereocenters. The van der Waals surface area contributed by atoms with E-state index < -0.39 is 0 Å². The van der Waals surface area contributed by atoms with E-state index in [0.717, 1.165) is 37.4 Å². The molecular formula is C15H26N4O. The zero-order valence-electron chi connectivity index (χ0n) is 12.5. The number of aryl methyl sites for hydroxylation is 1. The largest absolute Gasteiger partial charge is 0.396 e. The number of aliphatic hydroxyl groups excluding tert-OH is 1. The Hall–Kier alpha value is -1.36. The molecule has 0 aromatic carbocycles. The molecule has 1 aromatic heterocycles. The summed E-state index contributed by atoms with van der Waals surface area (Å²) in [7, 11) is 0. The molecule has 1 fully saturated rings. The van der Waals surface area contributed by atoms with Crippen molar-refractivity contribution in [1.82, 2.24) is 9.97 Å². The van der Waals surface area contributed by atoms with Crippen molar-refractivity contribution in [2.75, 3.05) is 30.3 Å². The van der Waals surface area contributed by atoms with Gasteiger partial charge in [-0.25, -0.2) is 4.98 Å². The smallest absolute Gasteiger partial charge is 0.224 e. The lowest BCUT2D eigenvalue weighted by atomic mass is 9.97. The van der Waals surface area contributed by atoms with Crippen molar-refractivity contribution in [1.29, 1.82) is 0 Å². The SMILES string of the molecule is CCCNc1nc(C)cc(NCC2CCCC2CO)n1. The zero-order valence-corrected chi connectivity index (χ0v) is 12.5. The monoisotopic (exact) mass is 278 g/mol. The first-order valence-corrected chi connectivity index (χ1v) is 7.67. The number of hydrogen-bond acceptors (Lipinski definition) is 5. The highest BCUT2D eigenvalue weighted by Crippen LogP contribution is 2.31. The van der Waals surface area contributed by atoms with Gasteiger partial charge in [0.15, 0.2) is 0 Å². The lowest BCUT2D eigenvalue weighted by molar-refractivity contribution is 0.199. The van der Waals surface area contributed by atoms with Crippen molar-refractivity contribution >= 4 is 11.8 Å². The van der Waals surface area contributed by atoms with Crippen molar-refractivity contribution in [3.8, 4) is 0 Å². The lowest BCUT2D eigenvalue weighted by Gasteiger charge is -2.18. The highest BCUT2D eigenvalue weighted by Gasteiger charge is 2.26. The van der Waals surface area contributed by atoms with Gasteiger partial charge in [-0.15, -0.1) is 0 Å².